The maximum Gasteiger partial charge on any atom is 0.586 e. The van der Waals surface area contributed by atoms with E-state index in [1.54, 1.807) is 0 Å². The van der Waals surface area contributed by atoms with E-state index in [0.717, 1.165) is 31.0 Å². The van der Waals surface area contributed by atoms with Gasteiger partial charge in [-0.3, -0.25) is 9.59 Å². The van der Waals surface area contributed by atoms with Crippen LogP contribution in [0, 0.1) is 0 Å². The molecule has 1 aliphatic carbocycles. The highest BCUT2D eigenvalue weighted by Crippen LogP contribution is 2.50. The van der Waals surface area contributed by atoms with E-state index < -0.39 is 53.3 Å². The fraction of sp³-hybridized carbons (Fsp3) is 0.367. The van der Waals surface area contributed by atoms with Crippen LogP contribution < -0.4 is 34.7 Å². The number of aliphatic hydroxyl groups is 1. The van der Waals surface area contributed by atoms with Crippen LogP contribution in [-0.4, -0.2) is 60.7 Å². The van der Waals surface area contributed by atoms with E-state index in [2.05, 4.69) is 19.8 Å². The second-order valence-electron chi connectivity index (χ2n) is 11.3. The van der Waals surface area contributed by atoms with E-state index in [1.807, 2.05) is 0 Å². The molecule has 2 amide bonds. The highest BCUT2D eigenvalue weighted by molar-refractivity contribution is 5.95. The number of primary amides is 1. The van der Waals surface area contributed by atoms with Crippen molar-refractivity contribution in [1.29, 1.82) is 0 Å². The van der Waals surface area contributed by atoms with Crippen molar-refractivity contribution >= 4 is 11.8 Å². The topological polar surface area (TPSA) is 151 Å². The molecule has 0 radical (unpaired) electrons. The first-order chi connectivity index (χ1) is 21.5. The number of pyridine rings is 1. The summed E-state index contributed by atoms with van der Waals surface area (Å²) in [6.45, 7) is -0.472. The van der Waals surface area contributed by atoms with Crippen molar-refractivity contribution in [3.05, 3.63) is 59.3 Å². The van der Waals surface area contributed by atoms with Crippen molar-refractivity contribution in [3.63, 3.8) is 0 Å². The molecule has 1 saturated carbocycles. The van der Waals surface area contributed by atoms with Crippen LogP contribution in [0.3, 0.4) is 0 Å². The number of benzene rings is 2. The van der Waals surface area contributed by atoms with E-state index in [0.29, 0.717) is 5.75 Å². The number of carbonyl (C=O) groups excluding carboxylic acids is 2. The van der Waals surface area contributed by atoms with Gasteiger partial charge in [-0.05, 0) is 62.2 Å². The number of fused-ring (bicyclic) bond motifs is 2. The lowest BCUT2D eigenvalue weighted by Gasteiger charge is -2.31. The van der Waals surface area contributed by atoms with E-state index in [-0.39, 0.29) is 52.3 Å². The molecular weight excluding hydrogens is 625 g/mol. The van der Waals surface area contributed by atoms with Crippen LogP contribution >= 0.6 is 0 Å². The first-order valence-electron chi connectivity index (χ1n) is 13.9. The molecule has 3 heterocycles. The third-order valence-corrected chi connectivity index (χ3v) is 7.93. The monoisotopic (exact) mass is 651 g/mol. The number of halogens is 5. The normalized spacial score (nSPS) is 20.7. The first kappa shape index (κ1) is 31.1. The quantitative estimate of drug-likeness (QED) is 0.293. The van der Waals surface area contributed by atoms with E-state index >= 15 is 0 Å². The summed E-state index contributed by atoms with van der Waals surface area (Å²) >= 11 is 0. The summed E-state index contributed by atoms with van der Waals surface area (Å²) < 4.78 is 97.0. The number of amides is 2. The molecule has 0 unspecified atom stereocenters. The molecule has 4 N–H and O–H groups in total. The second-order valence-corrected chi connectivity index (χ2v) is 11.3. The van der Waals surface area contributed by atoms with Gasteiger partial charge in [0.2, 0.25) is 11.5 Å². The number of aromatic nitrogens is 1. The first-order valence-corrected chi connectivity index (χ1v) is 13.9. The summed E-state index contributed by atoms with van der Waals surface area (Å²) in [7, 11) is 1.34. The molecule has 1 fully saturated rings. The van der Waals surface area contributed by atoms with E-state index in [1.165, 1.54) is 38.3 Å². The van der Waals surface area contributed by atoms with Crippen molar-refractivity contribution in [2.45, 2.75) is 49.4 Å². The van der Waals surface area contributed by atoms with Gasteiger partial charge in [-0.2, -0.15) is 13.2 Å². The lowest BCUT2D eigenvalue weighted by Crippen LogP contribution is -2.51. The van der Waals surface area contributed by atoms with Crippen LogP contribution in [0.4, 0.5) is 22.0 Å². The van der Waals surface area contributed by atoms with Gasteiger partial charge in [0.05, 0.1) is 25.5 Å². The maximum absolute atomic E-state index is 14.7. The van der Waals surface area contributed by atoms with Crippen LogP contribution in [0.1, 0.15) is 41.4 Å². The van der Waals surface area contributed by atoms with Crippen molar-refractivity contribution < 1.29 is 60.3 Å². The standard InChI is InChI=1S/C30H26F5N3O8/c1-27(26(36)40)13-43-24-17(27)11-22(38-23(24)14-3-8-19-21(9-14)46-30(34,35)45-19)28(41,29(31,32)33)12-37-25(39)15-4-7-18(20(10-15)42-2)44-16-5-6-16/h3-4,7-11,16,41H,5-6,12-13H2,1-2H3,(H2,36,40)(H,37,39)/t27-,28-/m0/s1. The minimum atomic E-state index is -5.43. The highest BCUT2D eigenvalue weighted by Gasteiger charge is 2.58. The Morgan fingerprint density at radius 3 is 2.46 bits per heavy atom. The number of nitrogens with two attached hydrogens (primary N) is 1. The number of methoxy groups -OCH3 is 1. The molecule has 6 rings (SSSR count). The number of nitrogens with zero attached hydrogens (tertiary/aromatic N) is 1. The molecule has 3 aromatic rings. The van der Waals surface area contributed by atoms with Gasteiger partial charge in [0.15, 0.2) is 23.0 Å². The smallest absolute Gasteiger partial charge is 0.493 e. The Hall–Kier alpha value is -4.86. The minimum Gasteiger partial charge on any atom is -0.493 e. The summed E-state index contributed by atoms with van der Waals surface area (Å²) in [5.41, 5.74) is -1.57. The number of rotatable bonds is 9. The Morgan fingerprint density at radius 1 is 1.09 bits per heavy atom. The van der Waals surface area contributed by atoms with Crippen molar-refractivity contribution in [2.24, 2.45) is 5.73 Å². The SMILES string of the molecule is COc1cc(C(=O)NC[C@](O)(c2cc3c(c(-c4ccc5c(c4)OC(F)(F)O5)n2)OC[C@]3(C)C(N)=O)C(F)(F)F)ccc1OC1CC1. The van der Waals surface area contributed by atoms with Crippen molar-refractivity contribution in [3.8, 4) is 40.0 Å². The third kappa shape index (κ3) is 5.35. The molecule has 1 aromatic heterocycles. The average Bonchev–Trinajstić information content (AvgIpc) is 3.66. The molecule has 0 spiro atoms. The van der Waals surface area contributed by atoms with Gasteiger partial charge in [-0.1, -0.05) is 0 Å². The van der Waals surface area contributed by atoms with Gasteiger partial charge in [0.25, 0.3) is 5.91 Å². The average molecular weight is 652 g/mol. The Balaban J connectivity index is 1.39. The fourth-order valence-corrected chi connectivity index (χ4v) is 5.01. The summed E-state index contributed by atoms with van der Waals surface area (Å²) in [6.07, 6.45) is -7.69. The zero-order valence-corrected chi connectivity index (χ0v) is 24.2. The zero-order chi connectivity index (χ0) is 33.2. The Morgan fingerprint density at radius 2 is 1.80 bits per heavy atom. The molecule has 0 saturated heterocycles. The van der Waals surface area contributed by atoms with Crippen LogP contribution in [0.25, 0.3) is 11.3 Å². The van der Waals surface area contributed by atoms with Gasteiger partial charge in [0, 0.05) is 16.7 Å². The van der Waals surface area contributed by atoms with Crippen LogP contribution in [-0.2, 0) is 15.8 Å². The molecule has 3 aliphatic rings. The van der Waals surface area contributed by atoms with E-state index in [9.17, 15) is 36.6 Å². The van der Waals surface area contributed by atoms with Crippen molar-refractivity contribution in [2.75, 3.05) is 20.3 Å². The number of ether oxygens (including phenoxy) is 5. The lowest BCUT2D eigenvalue weighted by atomic mass is 9.81. The Kier molecular flexibility index (Phi) is 7.18. The second kappa shape index (κ2) is 10.6. The number of alkyl halides is 5. The van der Waals surface area contributed by atoms with Crippen LogP contribution in [0.5, 0.6) is 28.7 Å². The van der Waals surface area contributed by atoms with Gasteiger partial charge < -0.3 is 39.8 Å². The number of nitrogens with one attached hydrogen (secondary N) is 1. The van der Waals surface area contributed by atoms with Gasteiger partial charge in [-0.25, -0.2) is 4.98 Å². The van der Waals surface area contributed by atoms with Gasteiger partial charge in [-0.15, -0.1) is 8.78 Å². The molecule has 2 atom stereocenters. The van der Waals surface area contributed by atoms with Crippen molar-refractivity contribution in [1.82, 2.24) is 10.3 Å². The molecule has 244 valence electrons. The molecule has 16 heteroatoms. The Labute approximate surface area is 257 Å². The highest BCUT2D eigenvalue weighted by atomic mass is 19.4. The maximum atomic E-state index is 14.7. The minimum absolute atomic E-state index is 0.0144. The lowest BCUT2D eigenvalue weighted by molar-refractivity contribution is -0.286. The number of carbonyl (C=O) groups is 2. The molecule has 0 bridgehead atoms. The Bertz CT molecular complexity index is 1750. The summed E-state index contributed by atoms with van der Waals surface area (Å²) in [6, 6.07) is 8.20. The summed E-state index contributed by atoms with van der Waals surface area (Å²) in [5, 5.41) is 13.3. The fourth-order valence-electron chi connectivity index (χ4n) is 5.01. The summed E-state index contributed by atoms with van der Waals surface area (Å²) in [5.74, 6) is -2.35. The van der Waals surface area contributed by atoms with Gasteiger partial charge in [0.1, 0.15) is 23.5 Å². The molecular formula is C30H26F5N3O8. The molecule has 46 heavy (non-hydrogen) atoms. The molecule has 2 aromatic carbocycles. The molecule has 2 aliphatic heterocycles. The zero-order valence-electron chi connectivity index (χ0n) is 24.2. The number of hydrogen-bond donors (Lipinski definition) is 3. The third-order valence-electron chi connectivity index (χ3n) is 7.93. The predicted octanol–water partition coefficient (Wildman–Crippen LogP) is 3.94. The largest absolute Gasteiger partial charge is 0.586 e. The number of hydrogen-bond acceptors (Lipinski definition) is 9. The van der Waals surface area contributed by atoms with Gasteiger partial charge >= 0.3 is 12.5 Å². The van der Waals surface area contributed by atoms with Crippen LogP contribution in [0.2, 0.25) is 0 Å². The predicted molar refractivity (Wildman–Crippen MR) is 147 cm³/mol. The summed E-state index contributed by atoms with van der Waals surface area (Å²) in [4.78, 5) is 29.5. The van der Waals surface area contributed by atoms with E-state index in [4.69, 9.17) is 19.9 Å². The molecule has 11 nitrogen and oxygen atoms in total. The van der Waals surface area contributed by atoms with Crippen LogP contribution in [0.15, 0.2) is 42.5 Å².